The fraction of sp³-hybridized carbons (Fsp3) is 0.179. The lowest BCUT2D eigenvalue weighted by Gasteiger charge is -2.11. The molecule has 4 aromatic rings. The summed E-state index contributed by atoms with van der Waals surface area (Å²) in [4.78, 5) is 13.1. The van der Waals surface area contributed by atoms with Gasteiger partial charge in [0.05, 0.1) is 7.11 Å². The highest BCUT2D eigenvalue weighted by Crippen LogP contribution is 2.33. The summed E-state index contributed by atoms with van der Waals surface area (Å²) in [5.41, 5.74) is 3.38. The fourth-order valence-corrected chi connectivity index (χ4v) is 4.96. The minimum absolute atomic E-state index is 0.140. The molecule has 1 amide bonds. The Morgan fingerprint density at radius 1 is 1.11 bits per heavy atom. The van der Waals surface area contributed by atoms with Gasteiger partial charge in [-0.05, 0) is 41.5 Å². The molecule has 1 aromatic heterocycles. The summed E-state index contributed by atoms with van der Waals surface area (Å²) in [6.07, 6.45) is 1.81. The number of benzene rings is 3. The van der Waals surface area contributed by atoms with Crippen molar-refractivity contribution in [3.05, 3.63) is 96.1 Å². The largest absolute Gasteiger partial charge is 0.497 e. The van der Waals surface area contributed by atoms with Crippen molar-refractivity contribution in [1.29, 1.82) is 0 Å². The number of aromatic nitrogens is 3. The second-order valence-electron chi connectivity index (χ2n) is 8.25. The number of ether oxygens (including phenoxy) is 3. The van der Waals surface area contributed by atoms with E-state index in [0.717, 1.165) is 39.2 Å². The van der Waals surface area contributed by atoms with Crippen LogP contribution in [0.1, 0.15) is 21.5 Å². The van der Waals surface area contributed by atoms with E-state index in [1.54, 1.807) is 7.11 Å². The second-order valence-corrected chi connectivity index (χ2v) is 9.20. The Morgan fingerprint density at radius 2 is 1.97 bits per heavy atom. The lowest BCUT2D eigenvalue weighted by atomic mass is 10.1. The molecule has 1 N–H and O–H groups in total. The van der Waals surface area contributed by atoms with Crippen molar-refractivity contribution in [2.45, 2.75) is 24.0 Å². The Kier molecular flexibility index (Phi) is 7.41. The van der Waals surface area contributed by atoms with Crippen molar-refractivity contribution >= 4 is 17.7 Å². The van der Waals surface area contributed by atoms with E-state index in [1.807, 2.05) is 77.4 Å². The maximum atomic E-state index is 13.1. The molecule has 0 radical (unpaired) electrons. The molecule has 37 heavy (non-hydrogen) atoms. The van der Waals surface area contributed by atoms with Crippen LogP contribution in [0.2, 0.25) is 0 Å². The summed E-state index contributed by atoms with van der Waals surface area (Å²) in [5.74, 6) is 3.31. The first-order valence-corrected chi connectivity index (χ1v) is 12.7. The average Bonchev–Trinajstić information content (AvgIpc) is 3.57. The number of nitrogens with one attached hydrogen (secondary N) is 1. The molecule has 0 saturated heterocycles. The first-order chi connectivity index (χ1) is 18.2. The molecule has 2 heterocycles. The van der Waals surface area contributed by atoms with Gasteiger partial charge in [-0.25, -0.2) is 0 Å². The van der Waals surface area contributed by atoms with Crippen LogP contribution in [0.25, 0.3) is 11.4 Å². The maximum Gasteiger partial charge on any atom is 0.251 e. The van der Waals surface area contributed by atoms with Crippen LogP contribution in [0.3, 0.4) is 0 Å². The minimum atomic E-state index is -0.140. The topological polar surface area (TPSA) is 87.5 Å². The third kappa shape index (κ3) is 5.46. The van der Waals surface area contributed by atoms with E-state index in [2.05, 4.69) is 22.1 Å². The number of thioether (sulfide) groups is 1. The van der Waals surface area contributed by atoms with Crippen LogP contribution in [0.15, 0.2) is 84.5 Å². The molecular formula is C28H26N4O4S. The van der Waals surface area contributed by atoms with Gasteiger partial charge >= 0.3 is 0 Å². The van der Waals surface area contributed by atoms with Gasteiger partial charge in [0, 0.05) is 30.0 Å². The van der Waals surface area contributed by atoms with Crippen LogP contribution in [0, 0.1) is 0 Å². The molecule has 0 aliphatic carbocycles. The molecule has 0 unspecified atom stereocenters. The van der Waals surface area contributed by atoms with Gasteiger partial charge in [-0.1, -0.05) is 54.2 Å². The molecule has 9 heteroatoms. The summed E-state index contributed by atoms with van der Waals surface area (Å²) in [6.45, 7) is 5.05. The van der Waals surface area contributed by atoms with Crippen molar-refractivity contribution < 1.29 is 19.0 Å². The van der Waals surface area contributed by atoms with Crippen molar-refractivity contribution in [2.24, 2.45) is 0 Å². The van der Waals surface area contributed by atoms with E-state index >= 15 is 0 Å². The number of hydrogen-bond donors (Lipinski definition) is 1. The molecule has 0 bridgehead atoms. The van der Waals surface area contributed by atoms with E-state index < -0.39 is 0 Å². The third-order valence-corrected chi connectivity index (χ3v) is 6.88. The Labute approximate surface area is 219 Å². The first-order valence-electron chi connectivity index (χ1n) is 11.7. The van der Waals surface area contributed by atoms with E-state index in [9.17, 15) is 4.79 Å². The molecular weight excluding hydrogens is 488 g/mol. The van der Waals surface area contributed by atoms with Gasteiger partial charge < -0.3 is 19.5 Å². The standard InChI is InChI=1S/C28H26N4O4S/c1-3-13-32-26(20-8-6-9-22(15-20)34-2)30-31-28(32)37-17-21-7-4-5-10-23(21)27(33)29-16-19-11-12-24-25(14-19)36-18-35-24/h3-12,14-15H,1,13,16-18H2,2H3,(H,29,33). The summed E-state index contributed by atoms with van der Waals surface area (Å²) >= 11 is 1.52. The van der Waals surface area contributed by atoms with Crippen LogP contribution >= 0.6 is 11.8 Å². The van der Waals surface area contributed by atoms with E-state index in [1.165, 1.54) is 11.8 Å². The monoisotopic (exact) mass is 514 g/mol. The Hall–Kier alpha value is -4.24. The number of carbonyl (C=O) groups is 1. The average molecular weight is 515 g/mol. The molecule has 5 rings (SSSR count). The van der Waals surface area contributed by atoms with Gasteiger partial charge in [0.25, 0.3) is 5.91 Å². The number of methoxy groups -OCH3 is 1. The highest BCUT2D eigenvalue weighted by atomic mass is 32.2. The van der Waals surface area contributed by atoms with Crippen LogP contribution < -0.4 is 19.5 Å². The van der Waals surface area contributed by atoms with Crippen LogP contribution in [-0.2, 0) is 18.8 Å². The SMILES string of the molecule is C=CCn1c(SCc2ccccc2C(=O)NCc2ccc3c(c2)OCO3)nnc1-c1cccc(OC)c1. The highest BCUT2D eigenvalue weighted by molar-refractivity contribution is 7.98. The molecule has 0 spiro atoms. The van der Waals surface area contributed by atoms with Crippen LogP contribution in [0.4, 0.5) is 0 Å². The smallest absolute Gasteiger partial charge is 0.251 e. The first kappa shape index (κ1) is 24.5. The number of carbonyl (C=O) groups excluding carboxylic acids is 1. The van der Waals surface area contributed by atoms with Crippen molar-refractivity contribution in [3.63, 3.8) is 0 Å². The third-order valence-electron chi connectivity index (χ3n) is 5.87. The Morgan fingerprint density at radius 3 is 2.84 bits per heavy atom. The molecule has 0 saturated carbocycles. The van der Waals surface area contributed by atoms with Gasteiger partial charge in [0.15, 0.2) is 22.5 Å². The number of nitrogens with zero attached hydrogens (tertiary/aromatic N) is 3. The maximum absolute atomic E-state index is 13.1. The summed E-state index contributed by atoms with van der Waals surface area (Å²) < 4.78 is 18.2. The quantitative estimate of drug-likeness (QED) is 0.233. The van der Waals surface area contributed by atoms with Crippen LogP contribution in [-0.4, -0.2) is 34.6 Å². The number of fused-ring (bicyclic) bond motifs is 1. The molecule has 1 aliphatic rings. The summed E-state index contributed by atoms with van der Waals surface area (Å²) in [6, 6.07) is 21.0. The zero-order chi connectivity index (χ0) is 25.6. The van der Waals surface area contributed by atoms with Gasteiger partial charge in [-0.15, -0.1) is 16.8 Å². The highest BCUT2D eigenvalue weighted by Gasteiger charge is 2.17. The van der Waals surface area contributed by atoms with Crippen LogP contribution in [0.5, 0.6) is 17.2 Å². The van der Waals surface area contributed by atoms with Gasteiger partial charge in [0.1, 0.15) is 5.75 Å². The predicted molar refractivity (Wildman–Crippen MR) is 142 cm³/mol. The lowest BCUT2D eigenvalue weighted by molar-refractivity contribution is 0.0950. The van der Waals surface area contributed by atoms with E-state index in [0.29, 0.717) is 30.2 Å². The number of rotatable bonds is 10. The zero-order valence-electron chi connectivity index (χ0n) is 20.3. The summed E-state index contributed by atoms with van der Waals surface area (Å²) in [7, 11) is 1.64. The molecule has 188 valence electrons. The fourth-order valence-electron chi connectivity index (χ4n) is 4.00. The molecule has 3 aromatic carbocycles. The number of allylic oxidation sites excluding steroid dienone is 1. The zero-order valence-corrected chi connectivity index (χ0v) is 21.2. The second kappa shape index (κ2) is 11.2. The van der Waals surface area contributed by atoms with Gasteiger partial charge in [-0.3, -0.25) is 9.36 Å². The Bertz CT molecular complexity index is 1440. The molecule has 1 aliphatic heterocycles. The molecule has 0 fully saturated rings. The molecule has 8 nitrogen and oxygen atoms in total. The van der Waals surface area contributed by atoms with E-state index in [4.69, 9.17) is 14.2 Å². The summed E-state index contributed by atoms with van der Waals surface area (Å²) in [5, 5.41) is 12.6. The Balaban J connectivity index is 1.30. The molecule has 0 atom stereocenters. The predicted octanol–water partition coefficient (Wildman–Crippen LogP) is 5.09. The minimum Gasteiger partial charge on any atom is -0.497 e. The lowest BCUT2D eigenvalue weighted by Crippen LogP contribution is -2.23. The number of hydrogen-bond acceptors (Lipinski definition) is 7. The van der Waals surface area contributed by atoms with Crippen molar-refractivity contribution in [2.75, 3.05) is 13.9 Å². The number of amides is 1. The van der Waals surface area contributed by atoms with E-state index in [-0.39, 0.29) is 12.7 Å². The van der Waals surface area contributed by atoms with Gasteiger partial charge in [0.2, 0.25) is 6.79 Å². The van der Waals surface area contributed by atoms with Crippen molar-refractivity contribution in [1.82, 2.24) is 20.1 Å². The normalized spacial score (nSPS) is 11.8. The van der Waals surface area contributed by atoms with Gasteiger partial charge in [-0.2, -0.15) is 0 Å². The van der Waals surface area contributed by atoms with Crippen molar-refractivity contribution in [3.8, 4) is 28.6 Å².